The van der Waals surface area contributed by atoms with Crippen LogP contribution in [0.4, 0.5) is 8.78 Å². The van der Waals surface area contributed by atoms with Crippen molar-refractivity contribution in [1.29, 1.82) is 0 Å². The van der Waals surface area contributed by atoms with Gasteiger partial charge in [0.2, 0.25) is 5.16 Å². The number of rotatable bonds is 8. The molecule has 2 aromatic heterocycles. The zero-order valence-corrected chi connectivity index (χ0v) is 17.7. The minimum absolute atomic E-state index is 0.0621. The van der Waals surface area contributed by atoms with Gasteiger partial charge in [-0.2, -0.15) is 5.10 Å². The molecule has 0 radical (unpaired) electrons. The van der Waals surface area contributed by atoms with Gasteiger partial charge in [0.15, 0.2) is 5.82 Å². The van der Waals surface area contributed by atoms with E-state index in [0.717, 1.165) is 29.5 Å². The molecule has 0 saturated carbocycles. The topological polar surface area (TPSA) is 117 Å². The van der Waals surface area contributed by atoms with Gasteiger partial charge < -0.3 is 15.7 Å². The van der Waals surface area contributed by atoms with Crippen molar-refractivity contribution >= 4 is 11.8 Å². The molecule has 2 heterocycles. The molecule has 1 unspecified atom stereocenters. The molecule has 2 aromatic carbocycles. The molecule has 166 valence electrons. The zero-order valence-electron chi connectivity index (χ0n) is 16.9. The molecule has 0 spiro atoms. The van der Waals surface area contributed by atoms with Crippen molar-refractivity contribution in [2.24, 2.45) is 0 Å². The van der Waals surface area contributed by atoms with Crippen LogP contribution < -0.4 is 10.6 Å². The molecule has 0 aliphatic rings. The van der Waals surface area contributed by atoms with E-state index in [1.807, 2.05) is 0 Å². The molecule has 9 nitrogen and oxygen atoms in total. The standard InChI is InChI=1S/C20H19F2N7O2S/c1-31-15-5-2-13(3-6-15)18-26-27-19(29(18)23)32-10-20(30,9-28-12-24-11-25-28)16-7-4-14(21)8-17(16)22/h2-8,11-12,30H,9-10,23H2,1H3. The SMILES string of the molecule is COc1ccc(-c2nnc(SCC(O)(Cn3cncn3)c3ccc(F)cc3F)n2N)cc1. The van der Waals surface area contributed by atoms with Crippen LogP contribution in [0.25, 0.3) is 11.4 Å². The van der Waals surface area contributed by atoms with Crippen molar-refractivity contribution in [3.8, 4) is 17.1 Å². The Balaban J connectivity index is 1.60. The summed E-state index contributed by atoms with van der Waals surface area (Å²) in [6.07, 6.45) is 2.69. The van der Waals surface area contributed by atoms with Gasteiger partial charge in [0.1, 0.15) is 35.6 Å². The van der Waals surface area contributed by atoms with Crippen LogP contribution in [0, 0.1) is 11.6 Å². The Morgan fingerprint density at radius 2 is 1.94 bits per heavy atom. The summed E-state index contributed by atoms with van der Waals surface area (Å²) < 4.78 is 35.8. The third kappa shape index (κ3) is 4.41. The molecule has 4 rings (SSSR count). The maximum atomic E-state index is 14.5. The lowest BCUT2D eigenvalue weighted by Gasteiger charge is -2.28. The molecule has 0 aliphatic carbocycles. The summed E-state index contributed by atoms with van der Waals surface area (Å²) in [6.45, 7) is -0.118. The summed E-state index contributed by atoms with van der Waals surface area (Å²) in [5.41, 5.74) is -1.13. The van der Waals surface area contributed by atoms with E-state index in [9.17, 15) is 13.9 Å². The summed E-state index contributed by atoms with van der Waals surface area (Å²) in [7, 11) is 1.57. The van der Waals surface area contributed by atoms with Gasteiger partial charge >= 0.3 is 0 Å². The Morgan fingerprint density at radius 3 is 2.59 bits per heavy atom. The van der Waals surface area contributed by atoms with Crippen molar-refractivity contribution < 1.29 is 18.6 Å². The number of nitrogen functional groups attached to an aromatic ring is 1. The fourth-order valence-electron chi connectivity index (χ4n) is 3.15. The first-order valence-corrected chi connectivity index (χ1v) is 10.4. The number of halogens is 2. The lowest BCUT2D eigenvalue weighted by molar-refractivity contribution is 0.0360. The summed E-state index contributed by atoms with van der Waals surface area (Å²) in [5, 5.41) is 23.9. The fraction of sp³-hybridized carbons (Fsp3) is 0.200. The molecule has 32 heavy (non-hydrogen) atoms. The average molecular weight is 459 g/mol. The number of ether oxygens (including phenoxy) is 1. The molecular formula is C20H19F2N7O2S. The van der Waals surface area contributed by atoms with Gasteiger partial charge in [-0.1, -0.05) is 17.8 Å². The Hall–Kier alpha value is -3.51. The van der Waals surface area contributed by atoms with Gasteiger partial charge in [-0.05, 0) is 30.3 Å². The first kappa shape index (κ1) is 21.7. The number of benzene rings is 2. The Kier molecular flexibility index (Phi) is 6.06. The van der Waals surface area contributed by atoms with Crippen LogP contribution in [0.2, 0.25) is 0 Å². The molecular weight excluding hydrogens is 440 g/mol. The number of nitrogens with zero attached hydrogens (tertiary/aromatic N) is 6. The predicted molar refractivity (Wildman–Crippen MR) is 113 cm³/mol. The van der Waals surface area contributed by atoms with Crippen molar-refractivity contribution in [2.75, 3.05) is 18.7 Å². The Labute approximate surface area is 185 Å². The van der Waals surface area contributed by atoms with Gasteiger partial charge in [0.05, 0.1) is 13.7 Å². The highest BCUT2D eigenvalue weighted by Crippen LogP contribution is 2.33. The Bertz CT molecular complexity index is 1200. The largest absolute Gasteiger partial charge is 0.497 e. The molecule has 0 aliphatic heterocycles. The van der Waals surface area contributed by atoms with Crippen LogP contribution in [-0.2, 0) is 12.1 Å². The van der Waals surface area contributed by atoms with Gasteiger partial charge in [-0.25, -0.2) is 23.1 Å². The second-order valence-corrected chi connectivity index (χ2v) is 7.88. The van der Waals surface area contributed by atoms with Gasteiger partial charge in [0, 0.05) is 22.9 Å². The van der Waals surface area contributed by atoms with E-state index >= 15 is 0 Å². The average Bonchev–Trinajstić information content (AvgIpc) is 3.42. The maximum Gasteiger partial charge on any atom is 0.210 e. The van der Waals surface area contributed by atoms with Crippen molar-refractivity contribution in [3.63, 3.8) is 0 Å². The van der Waals surface area contributed by atoms with Gasteiger partial charge in [-0.15, -0.1) is 10.2 Å². The molecule has 0 fully saturated rings. The minimum Gasteiger partial charge on any atom is -0.497 e. The van der Waals surface area contributed by atoms with E-state index in [1.54, 1.807) is 31.4 Å². The number of hydrogen-bond acceptors (Lipinski definition) is 8. The smallest absolute Gasteiger partial charge is 0.210 e. The van der Waals surface area contributed by atoms with Crippen LogP contribution in [0.5, 0.6) is 5.75 Å². The number of nitrogens with two attached hydrogens (primary N) is 1. The third-order valence-electron chi connectivity index (χ3n) is 4.78. The lowest BCUT2D eigenvalue weighted by atomic mass is 9.95. The first-order valence-electron chi connectivity index (χ1n) is 9.37. The number of aromatic nitrogens is 6. The molecule has 3 N–H and O–H groups in total. The maximum absolute atomic E-state index is 14.5. The van der Waals surface area contributed by atoms with Crippen molar-refractivity contribution in [1.82, 2.24) is 29.6 Å². The second kappa shape index (κ2) is 8.93. The number of hydrogen-bond donors (Lipinski definition) is 2. The van der Waals surface area contributed by atoms with Crippen LogP contribution in [0.3, 0.4) is 0 Å². The normalized spacial score (nSPS) is 13.1. The van der Waals surface area contributed by atoms with Crippen LogP contribution in [-0.4, -0.2) is 47.6 Å². The molecule has 0 bridgehead atoms. The summed E-state index contributed by atoms with van der Waals surface area (Å²) in [5.74, 6) is 5.58. The highest BCUT2D eigenvalue weighted by molar-refractivity contribution is 7.99. The summed E-state index contributed by atoms with van der Waals surface area (Å²) >= 11 is 1.07. The molecule has 12 heteroatoms. The van der Waals surface area contributed by atoms with E-state index < -0.39 is 17.2 Å². The zero-order chi connectivity index (χ0) is 22.7. The Morgan fingerprint density at radius 1 is 1.16 bits per heavy atom. The van der Waals surface area contributed by atoms with Gasteiger partial charge in [0.25, 0.3) is 0 Å². The monoisotopic (exact) mass is 459 g/mol. The molecule has 0 saturated heterocycles. The quantitative estimate of drug-likeness (QED) is 0.304. The number of methoxy groups -OCH3 is 1. The van der Waals surface area contributed by atoms with Crippen LogP contribution in [0.15, 0.2) is 60.3 Å². The third-order valence-corrected chi connectivity index (χ3v) is 5.93. The van der Waals surface area contributed by atoms with Crippen molar-refractivity contribution in [3.05, 3.63) is 72.3 Å². The summed E-state index contributed by atoms with van der Waals surface area (Å²) in [6, 6.07) is 10.1. The van der Waals surface area contributed by atoms with E-state index in [-0.39, 0.29) is 17.9 Å². The van der Waals surface area contributed by atoms with Crippen LogP contribution >= 0.6 is 11.8 Å². The first-order chi connectivity index (χ1) is 15.4. The minimum atomic E-state index is -1.76. The highest BCUT2D eigenvalue weighted by atomic mass is 32.2. The lowest BCUT2D eigenvalue weighted by Crippen LogP contribution is -2.35. The highest BCUT2D eigenvalue weighted by Gasteiger charge is 2.34. The van der Waals surface area contributed by atoms with E-state index in [1.165, 1.54) is 28.1 Å². The fourth-order valence-corrected chi connectivity index (χ4v) is 4.09. The molecule has 4 aromatic rings. The second-order valence-electron chi connectivity index (χ2n) is 6.94. The van der Waals surface area contributed by atoms with E-state index in [4.69, 9.17) is 10.6 Å². The number of aliphatic hydroxyl groups is 1. The van der Waals surface area contributed by atoms with Crippen molar-refractivity contribution in [2.45, 2.75) is 17.3 Å². The molecule has 0 amide bonds. The van der Waals surface area contributed by atoms with Crippen LogP contribution in [0.1, 0.15) is 5.56 Å². The predicted octanol–water partition coefficient (Wildman–Crippen LogP) is 2.22. The van der Waals surface area contributed by atoms with E-state index in [2.05, 4.69) is 20.3 Å². The number of thioether (sulfide) groups is 1. The van der Waals surface area contributed by atoms with E-state index in [0.29, 0.717) is 16.7 Å². The summed E-state index contributed by atoms with van der Waals surface area (Å²) in [4.78, 5) is 3.84. The van der Waals surface area contributed by atoms with Gasteiger partial charge in [-0.3, -0.25) is 0 Å². The molecule has 1 atom stereocenters.